The van der Waals surface area contributed by atoms with Crippen LogP contribution in [0.1, 0.15) is 67.9 Å². The van der Waals surface area contributed by atoms with E-state index in [2.05, 4.69) is 123 Å². The largest absolute Gasteiger partial charge is 0.356 e. The first-order valence-electron chi connectivity index (χ1n) is 15.3. The highest BCUT2D eigenvalue weighted by Gasteiger charge is 2.19. The Labute approximate surface area is 257 Å². The molecule has 0 fully saturated rings. The minimum absolute atomic E-state index is 0.732. The summed E-state index contributed by atoms with van der Waals surface area (Å²) in [5, 5.41) is 7.06. The smallest absolute Gasteiger partial charge is 0.154 e. The van der Waals surface area contributed by atoms with Gasteiger partial charge in [0.2, 0.25) is 0 Å². The summed E-state index contributed by atoms with van der Waals surface area (Å²) in [5.41, 5.74) is 11.9. The van der Waals surface area contributed by atoms with Crippen molar-refractivity contribution < 1.29 is 0 Å². The summed E-state index contributed by atoms with van der Waals surface area (Å²) >= 11 is 0. The summed E-state index contributed by atoms with van der Waals surface area (Å²) in [6, 6.07) is 23.5. The lowest BCUT2D eigenvalue weighted by molar-refractivity contribution is 0.658. The predicted octanol–water partition coefficient (Wildman–Crippen LogP) is 10.2. The van der Waals surface area contributed by atoms with E-state index in [-0.39, 0.29) is 0 Å². The van der Waals surface area contributed by atoms with Crippen molar-refractivity contribution in [3.63, 3.8) is 0 Å². The second-order valence-electron chi connectivity index (χ2n) is 11.0. The number of rotatable bonds is 11. The highest BCUT2D eigenvalue weighted by molar-refractivity contribution is 6.10. The van der Waals surface area contributed by atoms with E-state index in [9.17, 15) is 0 Å². The number of hydrogen-bond donors (Lipinski definition) is 2. The third kappa shape index (κ3) is 7.15. The number of benzene rings is 3. The van der Waals surface area contributed by atoms with Crippen LogP contribution in [-0.4, -0.2) is 10.7 Å². The third-order valence-corrected chi connectivity index (χ3v) is 7.69. The van der Waals surface area contributed by atoms with E-state index in [0.29, 0.717) is 0 Å². The van der Waals surface area contributed by atoms with Crippen molar-refractivity contribution in [1.29, 1.82) is 0 Å². The SMILES string of the molecule is C=C(Nc1ccc(C2=CCC=C2)cc1)c1cccc(C2=CN(/C=C\C)C(=C)C(Nc3ccc(CCC)c(CCC)c3)=N2)c1. The van der Waals surface area contributed by atoms with Crippen LogP contribution in [0.5, 0.6) is 0 Å². The lowest BCUT2D eigenvalue weighted by Crippen LogP contribution is -2.26. The van der Waals surface area contributed by atoms with E-state index in [1.807, 2.05) is 30.3 Å². The highest BCUT2D eigenvalue weighted by atomic mass is 15.2. The van der Waals surface area contributed by atoms with Crippen molar-refractivity contribution in [3.8, 4) is 0 Å². The van der Waals surface area contributed by atoms with Crippen LogP contribution in [0.25, 0.3) is 17.0 Å². The Morgan fingerprint density at radius 2 is 1.70 bits per heavy atom. The minimum atomic E-state index is 0.732. The maximum absolute atomic E-state index is 5.06. The molecule has 2 aliphatic rings. The van der Waals surface area contributed by atoms with Crippen molar-refractivity contribution in [2.45, 2.75) is 52.9 Å². The predicted molar refractivity (Wildman–Crippen MR) is 187 cm³/mol. The third-order valence-electron chi connectivity index (χ3n) is 7.69. The first-order chi connectivity index (χ1) is 21.0. The Hall–Kier alpha value is -4.83. The van der Waals surface area contributed by atoms with E-state index in [0.717, 1.165) is 77.5 Å². The molecule has 0 spiro atoms. The molecule has 0 radical (unpaired) electrons. The number of nitrogens with zero attached hydrogens (tertiary/aromatic N) is 2. The molecule has 5 rings (SSSR count). The van der Waals surface area contributed by atoms with Crippen molar-refractivity contribution in [2.75, 3.05) is 10.6 Å². The van der Waals surface area contributed by atoms with Gasteiger partial charge in [0, 0.05) is 35.0 Å². The molecule has 1 aliphatic heterocycles. The van der Waals surface area contributed by atoms with Gasteiger partial charge in [-0.2, -0.15) is 0 Å². The number of nitrogens with one attached hydrogen (secondary N) is 2. The Morgan fingerprint density at radius 3 is 2.42 bits per heavy atom. The fourth-order valence-corrected chi connectivity index (χ4v) is 5.47. The van der Waals surface area contributed by atoms with Gasteiger partial charge in [0.05, 0.1) is 11.4 Å². The van der Waals surface area contributed by atoms with Gasteiger partial charge in [-0.15, -0.1) is 0 Å². The molecule has 0 atom stereocenters. The topological polar surface area (TPSA) is 39.7 Å². The molecular formula is C39H42N4. The number of allylic oxidation sites excluding steroid dienone is 5. The molecule has 0 amide bonds. The van der Waals surface area contributed by atoms with Gasteiger partial charge in [-0.05, 0) is 84.3 Å². The fourth-order valence-electron chi connectivity index (χ4n) is 5.47. The number of amidine groups is 1. The van der Waals surface area contributed by atoms with Crippen molar-refractivity contribution in [3.05, 3.63) is 150 Å². The standard InChI is InChI=1S/C39H42N4/c1-6-12-30-20-23-37(26-34(30)13-7-2)41-39-29(5)43(24-8-3)27-38(42-39)35-17-11-16-33(25-35)28(4)40-36-21-18-32(19-22-36)31-14-9-10-15-31/h8-9,11,14-27,40H,4-7,10,12-13H2,1-3H3,(H,41,42)/b24-8-. The first-order valence-corrected chi connectivity index (χ1v) is 15.3. The van der Waals surface area contributed by atoms with Crippen LogP contribution < -0.4 is 10.6 Å². The zero-order valence-corrected chi connectivity index (χ0v) is 25.7. The van der Waals surface area contributed by atoms with E-state index >= 15 is 0 Å². The maximum Gasteiger partial charge on any atom is 0.154 e. The molecule has 218 valence electrons. The van der Waals surface area contributed by atoms with Gasteiger partial charge in [0.15, 0.2) is 5.84 Å². The van der Waals surface area contributed by atoms with Crippen LogP contribution in [0.2, 0.25) is 0 Å². The molecule has 2 N–H and O–H groups in total. The van der Waals surface area contributed by atoms with Gasteiger partial charge in [-0.3, -0.25) is 0 Å². The zero-order valence-electron chi connectivity index (χ0n) is 25.7. The molecule has 3 aromatic rings. The van der Waals surface area contributed by atoms with Gasteiger partial charge >= 0.3 is 0 Å². The molecule has 4 nitrogen and oxygen atoms in total. The van der Waals surface area contributed by atoms with Gasteiger partial charge in [0.25, 0.3) is 0 Å². The quantitative estimate of drug-likeness (QED) is 0.243. The summed E-state index contributed by atoms with van der Waals surface area (Å²) in [5.74, 6) is 0.732. The highest BCUT2D eigenvalue weighted by Crippen LogP contribution is 2.29. The van der Waals surface area contributed by atoms with Crippen LogP contribution >= 0.6 is 0 Å². The number of aliphatic imine (C=N–C) groups is 1. The molecule has 1 aliphatic carbocycles. The molecule has 4 heteroatoms. The van der Waals surface area contributed by atoms with Crippen molar-refractivity contribution in [1.82, 2.24) is 4.90 Å². The Kier molecular flexibility index (Phi) is 9.58. The molecule has 3 aromatic carbocycles. The van der Waals surface area contributed by atoms with Gasteiger partial charge in [-0.25, -0.2) is 4.99 Å². The van der Waals surface area contributed by atoms with Crippen molar-refractivity contribution in [2.24, 2.45) is 4.99 Å². The van der Waals surface area contributed by atoms with Gasteiger partial charge in [0.1, 0.15) is 0 Å². The normalized spacial score (nSPS) is 14.5. The summed E-state index contributed by atoms with van der Waals surface area (Å²) in [4.78, 5) is 7.08. The summed E-state index contributed by atoms with van der Waals surface area (Å²) in [7, 11) is 0. The fraction of sp³-hybridized carbons (Fsp3) is 0.205. The summed E-state index contributed by atoms with van der Waals surface area (Å²) in [6.45, 7) is 15.2. The molecule has 1 heterocycles. The van der Waals surface area contributed by atoms with Crippen LogP contribution in [-0.2, 0) is 12.8 Å². The van der Waals surface area contributed by atoms with Gasteiger partial charge in [-0.1, -0.05) is 101 Å². The second kappa shape index (κ2) is 13.9. The van der Waals surface area contributed by atoms with E-state index in [1.54, 1.807) is 0 Å². The minimum Gasteiger partial charge on any atom is -0.356 e. The van der Waals surface area contributed by atoms with E-state index in [4.69, 9.17) is 4.99 Å². The molecule has 0 saturated heterocycles. The maximum atomic E-state index is 5.06. The molecule has 0 bridgehead atoms. The first kappa shape index (κ1) is 29.7. The monoisotopic (exact) mass is 566 g/mol. The molecule has 0 aromatic heterocycles. The number of anilines is 2. The Bertz CT molecular complexity index is 1650. The van der Waals surface area contributed by atoms with Gasteiger partial charge < -0.3 is 15.5 Å². The van der Waals surface area contributed by atoms with Crippen LogP contribution in [0, 0.1) is 0 Å². The average molecular weight is 567 g/mol. The summed E-state index contributed by atoms with van der Waals surface area (Å²) < 4.78 is 0. The lowest BCUT2D eigenvalue weighted by atomic mass is 9.99. The lowest BCUT2D eigenvalue weighted by Gasteiger charge is -2.26. The Balaban J connectivity index is 1.38. The van der Waals surface area contributed by atoms with Crippen LogP contribution in [0.3, 0.4) is 0 Å². The van der Waals surface area contributed by atoms with E-state index < -0.39 is 0 Å². The molecular weight excluding hydrogens is 524 g/mol. The molecule has 0 saturated carbocycles. The van der Waals surface area contributed by atoms with E-state index in [1.165, 1.54) is 22.3 Å². The number of hydrogen-bond acceptors (Lipinski definition) is 4. The van der Waals surface area contributed by atoms with Crippen molar-refractivity contribution >= 4 is 34.2 Å². The zero-order chi connectivity index (χ0) is 30.2. The van der Waals surface area contributed by atoms with Crippen LogP contribution in [0.15, 0.2) is 127 Å². The number of aryl methyl sites for hydroxylation is 2. The molecule has 43 heavy (non-hydrogen) atoms. The Morgan fingerprint density at radius 1 is 0.930 bits per heavy atom. The average Bonchev–Trinajstić information content (AvgIpc) is 3.56. The molecule has 0 unspecified atom stereocenters. The summed E-state index contributed by atoms with van der Waals surface area (Å²) in [6.07, 6.45) is 18.1. The second-order valence-corrected chi connectivity index (χ2v) is 11.0. The van der Waals surface area contributed by atoms with Crippen LogP contribution in [0.4, 0.5) is 11.4 Å².